The van der Waals surface area contributed by atoms with Crippen LogP contribution in [0.5, 0.6) is 0 Å². The van der Waals surface area contributed by atoms with Crippen molar-refractivity contribution in [2.24, 2.45) is 17.8 Å². The summed E-state index contributed by atoms with van der Waals surface area (Å²) in [6, 6.07) is 0. The fourth-order valence-electron chi connectivity index (χ4n) is 8.38. The summed E-state index contributed by atoms with van der Waals surface area (Å²) in [6.07, 6.45) is 28.3. The first-order valence-corrected chi connectivity index (χ1v) is 21.3. The number of hydrogen-bond acceptors (Lipinski definition) is 10. The Hall–Kier alpha value is -3.42. The van der Waals surface area contributed by atoms with Crippen molar-refractivity contribution in [3.05, 3.63) is 96.7 Å². The molecule has 0 amide bonds. The zero-order valence-corrected chi connectivity index (χ0v) is 34.5. The highest BCUT2D eigenvalue weighted by atomic mass is 16.6. The molecule has 320 valence electrons. The third-order valence-corrected chi connectivity index (χ3v) is 12.0. The highest BCUT2D eigenvalue weighted by molar-refractivity contribution is 5.82. The molecule has 0 saturated carbocycles. The molecule has 6 aliphatic heterocycles. The average molecular weight is 807 g/mol. The highest BCUT2D eigenvalue weighted by Gasteiger charge is 2.45. The number of allylic oxidation sites excluding steroid dienone is 7. The Bertz CT molecular complexity index is 1570. The molecule has 0 aromatic rings. The summed E-state index contributed by atoms with van der Waals surface area (Å²) in [5, 5.41) is 41.7. The van der Waals surface area contributed by atoms with Gasteiger partial charge in [0.05, 0.1) is 42.7 Å². The molecule has 0 radical (unpaired) electrons. The summed E-state index contributed by atoms with van der Waals surface area (Å²) in [5.74, 6) is -1.09. The Balaban J connectivity index is 1.29. The lowest BCUT2D eigenvalue weighted by atomic mass is 9.85. The van der Waals surface area contributed by atoms with Crippen LogP contribution in [0.3, 0.4) is 0 Å². The van der Waals surface area contributed by atoms with E-state index in [0.29, 0.717) is 25.7 Å². The van der Waals surface area contributed by atoms with Gasteiger partial charge >= 0.3 is 11.9 Å². The fraction of sp³-hybridized carbons (Fsp3) is 0.617. The van der Waals surface area contributed by atoms with Crippen LogP contribution in [0.1, 0.15) is 91.9 Å². The fourth-order valence-corrected chi connectivity index (χ4v) is 8.38. The Labute approximate surface area is 344 Å². The van der Waals surface area contributed by atoms with E-state index in [4.69, 9.17) is 28.8 Å². The van der Waals surface area contributed by atoms with Crippen LogP contribution in [-0.4, -0.2) is 106 Å². The quantitative estimate of drug-likeness (QED) is 0.122. The Morgan fingerprint density at radius 2 is 1.53 bits per heavy atom. The Morgan fingerprint density at radius 1 is 0.759 bits per heavy atom. The van der Waals surface area contributed by atoms with E-state index in [1.54, 1.807) is 18.2 Å². The molecule has 0 unspecified atom stereocenters. The molecule has 3 fully saturated rings. The van der Waals surface area contributed by atoms with Crippen LogP contribution in [0.25, 0.3) is 0 Å². The van der Waals surface area contributed by atoms with Crippen LogP contribution >= 0.6 is 0 Å². The van der Waals surface area contributed by atoms with E-state index in [2.05, 4.69) is 32.1 Å². The number of rotatable bonds is 7. The zero-order valence-electron chi connectivity index (χ0n) is 34.5. The maximum absolute atomic E-state index is 13.0. The molecule has 4 N–H and O–H groups in total. The lowest BCUT2D eigenvalue weighted by Crippen LogP contribution is -2.50. The number of aliphatic hydroxyl groups excluding tert-OH is 3. The van der Waals surface area contributed by atoms with Gasteiger partial charge in [-0.2, -0.15) is 0 Å². The van der Waals surface area contributed by atoms with Crippen molar-refractivity contribution >= 4 is 11.9 Å². The number of carboxylic acids is 1. The molecule has 3 saturated heterocycles. The van der Waals surface area contributed by atoms with E-state index >= 15 is 0 Å². The van der Waals surface area contributed by atoms with Gasteiger partial charge in [0.15, 0.2) is 6.10 Å². The molecular formula is C47H66O11. The van der Waals surface area contributed by atoms with E-state index in [9.17, 15) is 24.9 Å². The van der Waals surface area contributed by atoms with Gasteiger partial charge in [-0.15, -0.1) is 0 Å². The van der Waals surface area contributed by atoms with Gasteiger partial charge in [0.2, 0.25) is 0 Å². The summed E-state index contributed by atoms with van der Waals surface area (Å²) < 4.78 is 31.5. The maximum atomic E-state index is 13.0. The number of hydrogen-bond donors (Lipinski definition) is 4. The summed E-state index contributed by atoms with van der Waals surface area (Å²) in [6.45, 7) is 8.15. The number of esters is 1. The van der Waals surface area contributed by atoms with Crippen molar-refractivity contribution in [3.8, 4) is 0 Å². The monoisotopic (exact) mass is 806 g/mol. The first kappa shape index (κ1) is 45.7. The van der Waals surface area contributed by atoms with Gasteiger partial charge in [0, 0.05) is 37.2 Å². The molecule has 6 heterocycles. The molecule has 58 heavy (non-hydrogen) atoms. The first-order valence-electron chi connectivity index (χ1n) is 21.3. The summed E-state index contributed by atoms with van der Waals surface area (Å²) in [4.78, 5) is 23.9. The van der Waals surface area contributed by atoms with Crippen LogP contribution in [0.15, 0.2) is 96.7 Å². The minimum atomic E-state index is -1.18. The number of fused-ring (bicyclic) bond motifs is 13. The SMILES string of the molecule is C/C(=C\[C@@H](C)CCCCC(=O)O)[C@H]1O[C@@H]2C=C[C@@H]1OC(=O)/C=C\C=CC=C[C@H]1O[C@H]3C[C@H]1O[C@@H](/C=C/C[C@@H]1O[C@H](C[C@@H](O)[C@@H]1C)[C@@H](O)[C@H](O)/C=C/CC/C=C/C2)[C@H]3C. The second-order valence-electron chi connectivity index (χ2n) is 16.6. The van der Waals surface area contributed by atoms with Crippen LogP contribution in [0.2, 0.25) is 0 Å². The van der Waals surface area contributed by atoms with Crippen LogP contribution < -0.4 is 0 Å². The maximum Gasteiger partial charge on any atom is 0.331 e. The predicted molar refractivity (Wildman–Crippen MR) is 222 cm³/mol. The van der Waals surface area contributed by atoms with E-state index in [0.717, 1.165) is 31.3 Å². The normalized spacial score (nSPS) is 40.6. The number of unbranched alkanes of at least 4 members (excludes halogenated alkanes) is 1. The van der Waals surface area contributed by atoms with Gasteiger partial charge in [-0.1, -0.05) is 106 Å². The van der Waals surface area contributed by atoms with Crippen LogP contribution in [0, 0.1) is 17.8 Å². The van der Waals surface area contributed by atoms with Gasteiger partial charge in [-0.05, 0) is 63.0 Å². The molecule has 0 aromatic heterocycles. The van der Waals surface area contributed by atoms with E-state index in [1.807, 2.05) is 62.5 Å². The van der Waals surface area contributed by atoms with E-state index in [1.165, 1.54) is 6.08 Å². The van der Waals surface area contributed by atoms with Crippen LogP contribution in [0.4, 0.5) is 0 Å². The van der Waals surface area contributed by atoms with Crippen LogP contribution in [-0.2, 0) is 33.3 Å². The third-order valence-electron chi connectivity index (χ3n) is 12.0. The van der Waals surface area contributed by atoms with Gasteiger partial charge in [0.25, 0.3) is 0 Å². The van der Waals surface area contributed by atoms with Gasteiger partial charge in [-0.3, -0.25) is 4.79 Å². The summed E-state index contributed by atoms with van der Waals surface area (Å²) in [5.41, 5.74) is 0.945. The summed E-state index contributed by atoms with van der Waals surface area (Å²) >= 11 is 0. The standard InChI is InChI=1S/C47H66O11/c1-30(17-14-15-23-44(50)51)27-31(2)47-40-26-25-34(54-47)18-10-6-5-7-11-19-35(48)46(53)43-28-36(49)32(3)37(56-43)21-16-22-38-33(4)41-29-42(55-38)39(57-41)20-12-8-9-13-24-45(52)58-40/h6,8-13,16,19-20,22,24-27,30,32-43,46-49,53H,5,7,14-15,17-18,21,23,28-29H2,1-4H3,(H,50,51)/b9-8?,10-6+,19-11+,20-12?,22-16+,24-13-,31-27+/t30-,32-,33+,34-,35+,36+,37-,38-,39+,40-,41-,42+,43+,46-,47+/m0/s1. The smallest absolute Gasteiger partial charge is 0.331 e. The molecular weight excluding hydrogens is 741 g/mol. The molecule has 11 nitrogen and oxygen atoms in total. The van der Waals surface area contributed by atoms with Crippen molar-refractivity contribution in [1.82, 2.24) is 0 Å². The largest absolute Gasteiger partial charge is 0.481 e. The lowest BCUT2D eigenvalue weighted by molar-refractivity contribution is -0.175. The molecule has 0 aliphatic carbocycles. The second kappa shape index (κ2) is 22.8. The lowest BCUT2D eigenvalue weighted by Gasteiger charge is -2.40. The van der Waals surface area contributed by atoms with Gasteiger partial charge < -0.3 is 44.1 Å². The Morgan fingerprint density at radius 3 is 2.34 bits per heavy atom. The molecule has 11 heteroatoms. The van der Waals surface area contributed by atoms with Crippen molar-refractivity contribution in [3.63, 3.8) is 0 Å². The zero-order chi connectivity index (χ0) is 41.6. The number of carbonyl (C=O) groups excluding carboxylic acids is 1. The van der Waals surface area contributed by atoms with E-state index in [-0.39, 0.29) is 67.2 Å². The number of aliphatic hydroxyl groups is 3. The summed E-state index contributed by atoms with van der Waals surface area (Å²) in [7, 11) is 0. The number of carbonyl (C=O) groups is 2. The second-order valence-corrected chi connectivity index (χ2v) is 16.6. The minimum Gasteiger partial charge on any atom is -0.481 e. The number of carboxylic acid groups (broad SMARTS) is 1. The number of ether oxygens (including phenoxy) is 5. The van der Waals surface area contributed by atoms with Crippen molar-refractivity contribution in [2.45, 2.75) is 165 Å². The van der Waals surface area contributed by atoms with Crippen molar-refractivity contribution in [2.75, 3.05) is 0 Å². The topological polar surface area (TPSA) is 161 Å². The van der Waals surface area contributed by atoms with Crippen molar-refractivity contribution in [1.29, 1.82) is 0 Å². The van der Waals surface area contributed by atoms with Gasteiger partial charge in [-0.25, -0.2) is 4.79 Å². The molecule has 0 aromatic carbocycles. The molecule has 7 bridgehead atoms. The van der Waals surface area contributed by atoms with Crippen molar-refractivity contribution < 1.29 is 53.7 Å². The molecule has 6 rings (SSSR count). The average Bonchev–Trinajstić information content (AvgIpc) is 3.54. The molecule has 6 aliphatic rings. The third kappa shape index (κ3) is 13.6. The van der Waals surface area contributed by atoms with E-state index < -0.39 is 48.6 Å². The Kier molecular flexibility index (Phi) is 18.0. The minimum absolute atomic E-state index is 0.0508. The molecule has 15 atom stereocenters. The number of aliphatic carboxylic acids is 1. The predicted octanol–water partition coefficient (Wildman–Crippen LogP) is 6.80. The highest BCUT2D eigenvalue weighted by Crippen LogP contribution is 2.38. The van der Waals surface area contributed by atoms with Gasteiger partial charge in [0.1, 0.15) is 24.4 Å². The first-order chi connectivity index (χ1) is 27.9. The molecule has 0 spiro atoms.